The van der Waals surface area contributed by atoms with E-state index in [2.05, 4.69) is 13.8 Å². The van der Waals surface area contributed by atoms with Crippen LogP contribution in [0.15, 0.2) is 47.6 Å². The van der Waals surface area contributed by atoms with Crippen molar-refractivity contribution >= 4 is 5.97 Å². The highest BCUT2D eigenvalue weighted by Crippen LogP contribution is 2.42. The van der Waals surface area contributed by atoms with Crippen LogP contribution in [0.4, 0.5) is 0 Å². The molecule has 25 unspecified atom stereocenters. The molecule has 16 N–H and O–H groups in total. The number of hydrogen-bond donors (Lipinski definition) is 16. The minimum absolute atomic E-state index is 0.00510. The molecule has 0 aromatic carbocycles. The SMILES string of the molecule is CCC(C)CCCC1/C=C(\C)C(O)CC(O)CCCC(O)C(C)C(O)C/C=C/C=C(\C)C(O)C(C)C2CC(O[C@@H]3O[C@H](C)[C@@H](O)[C@H](N(C)C)[C@H]3O)C(C)C(O)(CC(=O)OC(C)/C=C/C(O)CC(O)CCCC(C)C(C)C(O)CCC(C)C(O)CC(O)CC(O)CCC(O)C1O)O2. The van der Waals surface area contributed by atoms with E-state index in [0.717, 1.165) is 19.3 Å². The molecule has 96 heavy (non-hydrogen) atoms. The molecule has 22 heteroatoms. The van der Waals surface area contributed by atoms with Crippen LogP contribution < -0.4 is 0 Å². The Hall–Kier alpha value is -2.37. The Morgan fingerprint density at radius 2 is 1.24 bits per heavy atom. The monoisotopic (exact) mass is 1370 g/mol. The Morgan fingerprint density at radius 1 is 0.625 bits per heavy atom. The first kappa shape index (κ1) is 87.8. The molecule has 0 radical (unpaired) electrons. The lowest BCUT2D eigenvalue weighted by Gasteiger charge is -2.50. The number of rotatable bonds is 8. The summed E-state index contributed by atoms with van der Waals surface area (Å²) in [5, 5.41) is 180. The minimum Gasteiger partial charge on any atom is -0.458 e. The Labute approximate surface area is 575 Å². The summed E-state index contributed by atoms with van der Waals surface area (Å²) in [5.74, 6) is -5.76. The van der Waals surface area contributed by atoms with Gasteiger partial charge < -0.3 is 106 Å². The number of likely N-dealkylation sites (N-methyl/N-ethyl adjacent to an activating group) is 1. The number of carbonyl (C=O) groups excluding carboxylic acids is 1. The average Bonchev–Trinajstić information content (AvgIpc) is 0.771. The van der Waals surface area contributed by atoms with Crippen LogP contribution in [0.3, 0.4) is 0 Å². The van der Waals surface area contributed by atoms with Gasteiger partial charge in [0.05, 0.1) is 116 Å². The largest absolute Gasteiger partial charge is 0.458 e. The van der Waals surface area contributed by atoms with Crippen molar-refractivity contribution < 1.29 is 105 Å². The van der Waals surface area contributed by atoms with Crippen molar-refractivity contribution in [2.45, 2.75) is 352 Å². The van der Waals surface area contributed by atoms with Gasteiger partial charge in [-0.25, -0.2) is 0 Å². The fraction of sp³-hybridized carbons (Fsp3) is 0.878. The van der Waals surface area contributed by atoms with Gasteiger partial charge in [-0.15, -0.1) is 0 Å². The number of nitrogens with zero attached hydrogens (tertiary/aromatic N) is 1. The number of aliphatic hydroxyl groups is 16. The molecule has 30 atom stereocenters. The molecule has 3 aliphatic rings. The van der Waals surface area contributed by atoms with Crippen LogP contribution >= 0.6 is 0 Å². The number of cyclic esters (lactones) is 1. The topological polar surface area (TPSA) is 381 Å². The molecular formula is C74H135NO21. The highest BCUT2D eigenvalue weighted by Gasteiger charge is 2.53. The molecule has 0 aromatic rings. The van der Waals surface area contributed by atoms with Crippen molar-refractivity contribution in [2.24, 2.45) is 47.3 Å². The summed E-state index contributed by atoms with van der Waals surface area (Å²) < 4.78 is 24.6. The van der Waals surface area contributed by atoms with Crippen molar-refractivity contribution in [3.05, 3.63) is 47.6 Å². The van der Waals surface area contributed by atoms with Crippen LogP contribution in [-0.4, -0.2) is 241 Å². The summed E-state index contributed by atoms with van der Waals surface area (Å²) in [7, 11) is 3.42. The van der Waals surface area contributed by atoms with Crippen LogP contribution in [-0.2, 0) is 23.7 Å². The lowest BCUT2D eigenvalue weighted by Crippen LogP contribution is -2.64. The number of hydrogen-bond acceptors (Lipinski definition) is 22. The molecule has 0 amide bonds. The van der Waals surface area contributed by atoms with Gasteiger partial charge in [0.15, 0.2) is 12.1 Å². The third-order valence-corrected chi connectivity index (χ3v) is 21.7. The first-order chi connectivity index (χ1) is 44.9. The first-order valence-corrected chi connectivity index (χ1v) is 36.4. The zero-order chi connectivity index (χ0) is 72.5. The molecule has 0 saturated carbocycles. The van der Waals surface area contributed by atoms with Gasteiger partial charge in [-0.05, 0) is 160 Å². The molecule has 22 nitrogen and oxygen atoms in total. The summed E-state index contributed by atoms with van der Waals surface area (Å²) in [4.78, 5) is 15.4. The van der Waals surface area contributed by atoms with Crippen LogP contribution in [0.1, 0.15) is 218 Å². The Morgan fingerprint density at radius 3 is 1.89 bits per heavy atom. The zero-order valence-electron chi connectivity index (χ0n) is 60.7. The van der Waals surface area contributed by atoms with E-state index in [0.29, 0.717) is 62.0 Å². The maximum Gasteiger partial charge on any atom is 0.311 e. The third kappa shape index (κ3) is 29.5. The second-order valence-electron chi connectivity index (χ2n) is 30.2. The Balaban J connectivity index is 1.86. The summed E-state index contributed by atoms with van der Waals surface area (Å²) in [6, 6.07) is -0.772. The number of esters is 1. The van der Waals surface area contributed by atoms with Gasteiger partial charge in [0.25, 0.3) is 0 Å². The second kappa shape index (κ2) is 43.6. The maximum absolute atomic E-state index is 13.8. The fourth-order valence-electron chi connectivity index (χ4n) is 13.8. The second-order valence-corrected chi connectivity index (χ2v) is 30.2. The molecule has 0 aromatic heterocycles. The first-order valence-electron chi connectivity index (χ1n) is 36.4. The number of fused-ring (bicyclic) bond motifs is 2. The Bertz CT molecular complexity index is 2280. The Kier molecular flexibility index (Phi) is 39.9. The predicted octanol–water partition coefficient (Wildman–Crippen LogP) is 5.78. The summed E-state index contributed by atoms with van der Waals surface area (Å²) in [5.41, 5.74) is 1.02. The van der Waals surface area contributed by atoms with Gasteiger partial charge in [-0.2, -0.15) is 0 Å². The highest BCUT2D eigenvalue weighted by atomic mass is 16.7. The minimum atomic E-state index is -2.24. The molecular weight excluding hydrogens is 1240 g/mol. The normalized spacial score (nSPS) is 44.7. The van der Waals surface area contributed by atoms with E-state index < -0.39 is 170 Å². The number of allylic oxidation sites excluding steroid dienone is 2. The molecule has 2 fully saturated rings. The quantitative estimate of drug-likeness (QED) is 0.101. The van der Waals surface area contributed by atoms with Gasteiger partial charge in [0.1, 0.15) is 12.2 Å². The van der Waals surface area contributed by atoms with E-state index in [1.165, 1.54) is 12.2 Å². The summed E-state index contributed by atoms with van der Waals surface area (Å²) >= 11 is 0. The van der Waals surface area contributed by atoms with E-state index in [4.69, 9.17) is 18.9 Å². The van der Waals surface area contributed by atoms with E-state index in [1.54, 1.807) is 91.8 Å². The van der Waals surface area contributed by atoms with Crippen molar-refractivity contribution in [1.82, 2.24) is 4.90 Å². The fourth-order valence-corrected chi connectivity index (χ4v) is 13.8. The van der Waals surface area contributed by atoms with Gasteiger partial charge in [0.2, 0.25) is 0 Å². The third-order valence-electron chi connectivity index (χ3n) is 21.7. The lowest BCUT2D eigenvalue weighted by molar-refractivity contribution is -0.351. The number of ether oxygens (including phenoxy) is 4. The van der Waals surface area contributed by atoms with Crippen molar-refractivity contribution in [3.63, 3.8) is 0 Å². The molecule has 0 spiro atoms. The van der Waals surface area contributed by atoms with Crippen LogP contribution in [0, 0.1) is 47.3 Å². The van der Waals surface area contributed by atoms with E-state index in [1.807, 2.05) is 20.8 Å². The van der Waals surface area contributed by atoms with Crippen LogP contribution in [0.5, 0.6) is 0 Å². The van der Waals surface area contributed by atoms with E-state index in [-0.39, 0.29) is 82.0 Å². The average molecular weight is 1370 g/mol. The smallest absolute Gasteiger partial charge is 0.311 e. The van der Waals surface area contributed by atoms with Crippen molar-refractivity contribution in [3.8, 4) is 0 Å². The lowest BCUT2D eigenvalue weighted by atomic mass is 9.80. The molecule has 2 bridgehead atoms. The van der Waals surface area contributed by atoms with E-state index >= 15 is 0 Å². The van der Waals surface area contributed by atoms with Crippen molar-refractivity contribution in [2.75, 3.05) is 14.1 Å². The molecule has 2 saturated heterocycles. The zero-order valence-corrected chi connectivity index (χ0v) is 60.7. The molecule has 3 heterocycles. The van der Waals surface area contributed by atoms with Gasteiger partial charge in [-0.1, -0.05) is 118 Å². The summed E-state index contributed by atoms with van der Waals surface area (Å²) in [6.45, 7) is 21.8. The molecule has 3 aliphatic heterocycles. The summed E-state index contributed by atoms with van der Waals surface area (Å²) in [6.07, 6.45) is -4.38. The van der Waals surface area contributed by atoms with Gasteiger partial charge in [0, 0.05) is 42.9 Å². The number of aliphatic hydroxyl groups excluding tert-OH is 15. The predicted molar refractivity (Wildman–Crippen MR) is 368 cm³/mol. The molecule has 3 rings (SSSR count). The van der Waals surface area contributed by atoms with E-state index in [9.17, 15) is 86.5 Å². The van der Waals surface area contributed by atoms with Crippen molar-refractivity contribution in [1.29, 1.82) is 0 Å². The molecule has 562 valence electrons. The standard InChI is InChI=1S/C74H135NO21/c1-15-42(2)21-18-24-53-35-46(6)64(86)38-55(77)26-20-28-60(82)49(9)59(81)27-17-16-22-45(5)69(88)50(10)65-40-66(95-73-72(91)68(75(13)14)70(89)52(12)94-73)51(11)74(92,96-65)41-67(87)93-47(7)30-31-56(78)36-54(76)25-19-23-43(3)48(8)61(83)33-29-44(4)63(85)39-58(80)37-57(79)32-34-62(84)71(53)90/h16-17,22,30-31,35,42-44,47-66,68-73,76-86,88-92H,15,18-21,23-29,32-34,36-41H2,1-14H3/b17-16+,31-30+,45-22+,46-35+/t42?,43?,44?,47?,48?,49?,50?,51?,52-,53?,54?,55?,56?,57?,58?,59?,60?,61?,62?,63?,64?,65?,66?,68+,69?,70-,71?,72-,73+,74?/m1/s1. The van der Waals surface area contributed by atoms with Crippen LogP contribution in [0.2, 0.25) is 0 Å². The van der Waals surface area contributed by atoms with Crippen LogP contribution in [0.25, 0.3) is 0 Å². The maximum atomic E-state index is 13.8. The number of carbonyl (C=O) groups is 1. The van der Waals surface area contributed by atoms with Gasteiger partial charge in [-0.3, -0.25) is 4.79 Å². The molecule has 0 aliphatic carbocycles. The highest BCUT2D eigenvalue weighted by molar-refractivity contribution is 5.71. The van der Waals surface area contributed by atoms with Gasteiger partial charge >= 0.3 is 5.97 Å².